The number of benzene rings is 1. The molecule has 170 valence electrons. The zero-order valence-electron chi connectivity index (χ0n) is 18.4. The van der Waals surface area contributed by atoms with Gasteiger partial charge in [-0.05, 0) is 32.0 Å². The number of aliphatic hydroxyl groups excluding tert-OH is 1. The quantitative estimate of drug-likeness (QED) is 0.166. The Morgan fingerprint density at radius 1 is 1.42 bits per heavy atom. The molecule has 1 aromatic carbocycles. The maximum Gasteiger partial charge on any atom is 0.156 e. The minimum atomic E-state index is -1.15. The van der Waals surface area contributed by atoms with Gasteiger partial charge in [-0.15, -0.1) is 6.42 Å². The van der Waals surface area contributed by atoms with Crippen molar-refractivity contribution in [3.05, 3.63) is 23.8 Å². The molecular weight excluding hydrogens is 510 g/mol. The molecule has 2 unspecified atom stereocenters. The Labute approximate surface area is 194 Å². The molecule has 0 bridgehead atoms. The van der Waals surface area contributed by atoms with Gasteiger partial charge >= 0.3 is 0 Å². The van der Waals surface area contributed by atoms with E-state index in [1.807, 2.05) is 6.92 Å². The lowest BCUT2D eigenvalue weighted by Gasteiger charge is -2.29. The Balaban J connectivity index is 2.14. The average molecular weight is 542 g/mol. The van der Waals surface area contributed by atoms with Crippen molar-refractivity contribution in [2.24, 2.45) is 15.9 Å². The van der Waals surface area contributed by atoms with Gasteiger partial charge in [-0.2, -0.15) is 0 Å². The second-order valence-corrected chi connectivity index (χ2v) is 9.22. The molecule has 0 amide bonds. The minimum absolute atomic E-state index is 0.0779. The maximum absolute atomic E-state index is 12.4. The van der Waals surface area contributed by atoms with Crippen molar-refractivity contribution >= 4 is 40.5 Å². The second-order valence-electron chi connectivity index (χ2n) is 7.49. The molecule has 2 N–H and O–H groups in total. The summed E-state index contributed by atoms with van der Waals surface area (Å²) in [4.78, 5) is 12.1. The number of aliphatic hydroxyl groups is 1. The van der Waals surface area contributed by atoms with E-state index in [2.05, 4.69) is 34.5 Å². The summed E-state index contributed by atoms with van der Waals surface area (Å²) in [6.45, 7) is 9.16. The fourth-order valence-electron chi connectivity index (χ4n) is 3.03. The summed E-state index contributed by atoms with van der Waals surface area (Å²) in [5, 5.41) is 12.7. The SMILES string of the molecule is C#Cc1cc(OCC(O)CF)ccc1N=C(C)[C@H](C)C(C)N=C(I=C)N1CCNCC1. The van der Waals surface area contributed by atoms with Gasteiger partial charge in [0.25, 0.3) is 0 Å². The van der Waals surface area contributed by atoms with E-state index >= 15 is 0 Å². The van der Waals surface area contributed by atoms with Crippen LogP contribution in [0.3, 0.4) is 0 Å². The van der Waals surface area contributed by atoms with E-state index < -0.39 is 12.8 Å². The zero-order chi connectivity index (χ0) is 22.8. The number of amidine groups is 1. The Morgan fingerprint density at radius 3 is 2.74 bits per heavy atom. The van der Waals surface area contributed by atoms with Crippen molar-refractivity contribution in [2.45, 2.75) is 32.9 Å². The van der Waals surface area contributed by atoms with Crippen molar-refractivity contribution in [3.63, 3.8) is 0 Å². The Bertz CT molecular complexity index is 846. The van der Waals surface area contributed by atoms with E-state index in [1.165, 1.54) is 0 Å². The van der Waals surface area contributed by atoms with Crippen molar-refractivity contribution in [1.82, 2.24) is 10.2 Å². The molecule has 1 fully saturated rings. The van der Waals surface area contributed by atoms with Crippen LogP contribution < -0.4 is 10.1 Å². The highest BCUT2D eigenvalue weighted by molar-refractivity contribution is 14.2. The van der Waals surface area contributed by atoms with Crippen LogP contribution in [0.2, 0.25) is 0 Å². The number of terminal acetylenes is 1. The highest BCUT2D eigenvalue weighted by Gasteiger charge is 2.19. The van der Waals surface area contributed by atoms with Crippen LogP contribution in [0.5, 0.6) is 5.75 Å². The topological polar surface area (TPSA) is 69.5 Å². The second kappa shape index (κ2) is 12.9. The van der Waals surface area contributed by atoms with Gasteiger partial charge in [0.1, 0.15) is 25.1 Å². The molecule has 1 aliphatic rings. The first-order valence-corrected chi connectivity index (χ1v) is 12.9. The zero-order valence-corrected chi connectivity index (χ0v) is 20.6. The van der Waals surface area contributed by atoms with Gasteiger partial charge in [0, 0.05) is 37.8 Å². The summed E-state index contributed by atoms with van der Waals surface area (Å²) in [5.41, 5.74) is 2.20. The molecule has 0 spiro atoms. The third-order valence-corrected chi connectivity index (χ3v) is 6.87. The van der Waals surface area contributed by atoms with Crippen molar-refractivity contribution in [3.8, 4) is 18.1 Å². The number of aliphatic imine (C=N–C) groups is 2. The lowest BCUT2D eigenvalue weighted by atomic mass is 9.99. The van der Waals surface area contributed by atoms with Gasteiger partial charge in [0.2, 0.25) is 0 Å². The molecule has 0 radical (unpaired) electrons. The van der Waals surface area contributed by atoms with E-state index in [1.54, 1.807) is 18.2 Å². The van der Waals surface area contributed by atoms with Crippen LogP contribution in [0.25, 0.3) is 0 Å². The number of rotatable bonds is 9. The fraction of sp³-hybridized carbons (Fsp3) is 0.522. The number of hydrogen-bond donors (Lipinski definition) is 2. The molecule has 2 rings (SSSR count). The molecule has 6 nitrogen and oxygen atoms in total. The van der Waals surface area contributed by atoms with E-state index in [0.717, 1.165) is 35.7 Å². The smallest absolute Gasteiger partial charge is 0.156 e. The predicted octanol–water partition coefficient (Wildman–Crippen LogP) is 3.16. The van der Waals surface area contributed by atoms with Gasteiger partial charge in [0.05, 0.1) is 17.3 Å². The van der Waals surface area contributed by atoms with Crippen LogP contribution in [-0.2, 0) is 0 Å². The van der Waals surface area contributed by atoms with Crippen LogP contribution in [-0.4, -0.2) is 75.7 Å². The van der Waals surface area contributed by atoms with Crippen LogP contribution >= 0.6 is 20.7 Å². The minimum Gasteiger partial charge on any atom is -0.491 e. The third kappa shape index (κ3) is 7.66. The van der Waals surface area contributed by atoms with E-state index in [9.17, 15) is 9.50 Å². The van der Waals surface area contributed by atoms with Gasteiger partial charge < -0.3 is 20.1 Å². The molecule has 31 heavy (non-hydrogen) atoms. The molecule has 0 saturated carbocycles. The number of nitrogens with one attached hydrogen (secondary N) is 1. The highest BCUT2D eigenvalue weighted by Crippen LogP contribution is 2.26. The van der Waals surface area contributed by atoms with Gasteiger partial charge in [-0.3, -0.25) is 9.98 Å². The van der Waals surface area contributed by atoms with Gasteiger partial charge in [-0.25, -0.2) is 4.39 Å². The van der Waals surface area contributed by atoms with Crippen LogP contribution in [0.15, 0.2) is 28.2 Å². The monoisotopic (exact) mass is 542 g/mol. The first-order valence-electron chi connectivity index (χ1n) is 10.3. The summed E-state index contributed by atoms with van der Waals surface area (Å²) in [6.07, 6.45) is 4.51. The fourth-order valence-corrected chi connectivity index (χ4v) is 4.63. The molecule has 8 heteroatoms. The van der Waals surface area contributed by atoms with E-state index in [4.69, 9.17) is 21.1 Å². The Kier molecular flexibility index (Phi) is 10.6. The molecule has 1 aliphatic heterocycles. The molecule has 3 atom stereocenters. The Hall–Kier alpha value is -1.83. The highest BCUT2D eigenvalue weighted by atomic mass is 127. The molecule has 1 aromatic rings. The third-order valence-electron chi connectivity index (χ3n) is 5.23. The maximum atomic E-state index is 12.4. The molecule has 0 aromatic heterocycles. The number of piperazine rings is 1. The number of nitrogens with zero attached hydrogens (tertiary/aromatic N) is 3. The molecule has 1 heterocycles. The Morgan fingerprint density at radius 2 is 2.13 bits per heavy atom. The van der Waals surface area contributed by atoms with E-state index in [-0.39, 0.29) is 39.3 Å². The number of ether oxygens (including phenoxy) is 1. The normalized spacial score (nSPS) is 18.3. The summed E-state index contributed by atoms with van der Waals surface area (Å²) in [5.74, 6) is 3.24. The van der Waals surface area contributed by atoms with Gasteiger partial charge in [-0.1, -0.05) is 38.1 Å². The van der Waals surface area contributed by atoms with Gasteiger partial charge in [0.15, 0.2) is 3.84 Å². The average Bonchev–Trinajstić information content (AvgIpc) is 2.81. The number of alkyl halides is 1. The lowest BCUT2D eigenvalue weighted by molar-refractivity contribution is 0.0842. The predicted molar refractivity (Wildman–Crippen MR) is 136 cm³/mol. The van der Waals surface area contributed by atoms with Crippen LogP contribution in [0.4, 0.5) is 10.1 Å². The van der Waals surface area contributed by atoms with Crippen molar-refractivity contribution in [2.75, 3.05) is 39.5 Å². The van der Waals surface area contributed by atoms with E-state index in [0.29, 0.717) is 17.0 Å². The molecule has 0 aliphatic carbocycles. The first-order chi connectivity index (χ1) is 14.9. The first kappa shape index (κ1) is 25.4. The number of halogens is 2. The lowest BCUT2D eigenvalue weighted by Crippen LogP contribution is -2.45. The summed E-state index contributed by atoms with van der Waals surface area (Å²) < 4.78 is 23.1. The summed E-state index contributed by atoms with van der Waals surface area (Å²) >= 11 is -0.357. The number of hydrogen-bond acceptors (Lipinski definition) is 5. The van der Waals surface area contributed by atoms with Crippen LogP contribution in [0.1, 0.15) is 26.3 Å². The molecular formula is C23H32FIN4O2. The van der Waals surface area contributed by atoms with Crippen LogP contribution in [0, 0.1) is 18.3 Å². The summed E-state index contributed by atoms with van der Waals surface area (Å²) in [6, 6.07) is 5.26. The molecule has 1 saturated heterocycles. The van der Waals surface area contributed by atoms with Crippen molar-refractivity contribution in [1.29, 1.82) is 0 Å². The van der Waals surface area contributed by atoms with Crippen molar-refractivity contribution < 1.29 is 14.2 Å². The summed E-state index contributed by atoms with van der Waals surface area (Å²) in [7, 11) is 0. The standard InChI is InChI=1S/C23H32FIN4O2/c1-6-19-13-21(31-15-20(30)14-24)7-8-22(19)27-17(3)16(2)18(4)28-23(25-5)29-11-9-26-10-12-29/h1,7-8,13,16,18,20,26,30H,5,9-12,14-15H2,2-4H3/t16-,18?,20?/m0/s1. The largest absolute Gasteiger partial charge is 0.491 e.